The number of aliphatic carboxylic acids is 2. The van der Waals surface area contributed by atoms with E-state index in [0.29, 0.717) is 5.56 Å². The zero-order valence-corrected chi connectivity index (χ0v) is 22.2. The number of carbonyl (C=O) groups is 5. The minimum atomic E-state index is -1.19. The Labute approximate surface area is 237 Å². The third kappa shape index (κ3) is 7.21. The molecule has 1 amide bonds. The van der Waals surface area contributed by atoms with Crippen LogP contribution in [-0.4, -0.2) is 91.5 Å². The summed E-state index contributed by atoms with van der Waals surface area (Å²) < 4.78 is 23.8. The van der Waals surface area contributed by atoms with Crippen molar-refractivity contribution in [1.29, 1.82) is 0 Å². The number of nitrogens with one attached hydrogen (secondary N) is 1. The number of esters is 2. The van der Waals surface area contributed by atoms with Crippen LogP contribution in [0, 0.1) is 0 Å². The maximum atomic E-state index is 12.7. The summed E-state index contributed by atoms with van der Waals surface area (Å²) in [5, 5.41) is 20.4. The Hall–Kier alpha value is -4.96. The van der Waals surface area contributed by atoms with Gasteiger partial charge in [0.05, 0.1) is 32.0 Å². The maximum Gasteiger partial charge on any atom is 0.306 e. The van der Waals surface area contributed by atoms with Crippen LogP contribution in [0.25, 0.3) is 11.2 Å². The summed E-state index contributed by atoms with van der Waals surface area (Å²) in [6.45, 7) is -0.425. The number of anilines is 1. The molecule has 1 aliphatic heterocycles. The lowest BCUT2D eigenvalue weighted by Gasteiger charge is -2.23. The van der Waals surface area contributed by atoms with Crippen molar-refractivity contribution in [3.05, 3.63) is 48.5 Å². The zero-order chi connectivity index (χ0) is 30.2. The molecule has 3 heterocycles. The second-order valence-electron chi connectivity index (χ2n) is 9.06. The highest BCUT2D eigenvalue weighted by Gasteiger charge is 2.49. The van der Waals surface area contributed by atoms with E-state index in [-0.39, 0.29) is 23.4 Å². The van der Waals surface area contributed by atoms with Gasteiger partial charge in [-0.1, -0.05) is 18.2 Å². The second kappa shape index (κ2) is 13.6. The Balaban J connectivity index is 1.58. The van der Waals surface area contributed by atoms with E-state index in [0.717, 1.165) is 0 Å². The molecule has 1 fully saturated rings. The fourth-order valence-electron chi connectivity index (χ4n) is 4.23. The Kier molecular flexibility index (Phi) is 9.72. The van der Waals surface area contributed by atoms with Crippen LogP contribution in [0.1, 0.15) is 42.3 Å². The quantitative estimate of drug-likeness (QED) is 0.240. The highest BCUT2D eigenvalue weighted by molar-refractivity contribution is 6.06. The number of amides is 1. The summed E-state index contributed by atoms with van der Waals surface area (Å²) in [5.74, 6) is -4.33. The molecule has 16 heteroatoms. The monoisotopic (exact) mass is 585 g/mol. The number of fused-ring (bicyclic) bond motifs is 1. The van der Waals surface area contributed by atoms with Gasteiger partial charge in [-0.2, -0.15) is 0 Å². The highest BCUT2D eigenvalue weighted by Crippen LogP contribution is 2.36. The molecule has 0 radical (unpaired) electrons. The van der Waals surface area contributed by atoms with Gasteiger partial charge in [0.15, 0.2) is 29.3 Å². The first-order valence-corrected chi connectivity index (χ1v) is 12.7. The Morgan fingerprint density at radius 2 is 1.62 bits per heavy atom. The summed E-state index contributed by atoms with van der Waals surface area (Å²) in [7, 11) is 1.33. The number of methoxy groups -OCH3 is 1. The molecule has 0 aliphatic carbocycles. The van der Waals surface area contributed by atoms with Gasteiger partial charge in [0.25, 0.3) is 5.91 Å². The largest absolute Gasteiger partial charge is 0.481 e. The van der Waals surface area contributed by atoms with Crippen molar-refractivity contribution in [3.63, 3.8) is 0 Å². The molecule has 1 saturated heterocycles. The van der Waals surface area contributed by atoms with Gasteiger partial charge >= 0.3 is 23.9 Å². The van der Waals surface area contributed by atoms with Gasteiger partial charge in [-0.3, -0.25) is 28.5 Å². The van der Waals surface area contributed by atoms with Crippen LogP contribution < -0.4 is 5.32 Å². The molecule has 16 nitrogen and oxygen atoms in total. The van der Waals surface area contributed by atoms with E-state index in [9.17, 15) is 24.0 Å². The average molecular weight is 586 g/mol. The third-order valence-corrected chi connectivity index (χ3v) is 6.22. The molecule has 2 aromatic heterocycles. The minimum Gasteiger partial charge on any atom is -0.481 e. The molecule has 1 aliphatic rings. The van der Waals surface area contributed by atoms with Gasteiger partial charge < -0.3 is 34.5 Å². The summed E-state index contributed by atoms with van der Waals surface area (Å²) in [4.78, 5) is 71.6. The van der Waals surface area contributed by atoms with Crippen molar-refractivity contribution in [2.24, 2.45) is 0 Å². The number of carbonyl (C=O) groups excluding carboxylic acids is 3. The third-order valence-electron chi connectivity index (χ3n) is 6.22. The number of imidazole rings is 1. The number of nitrogens with zero attached hydrogens (tertiary/aromatic N) is 4. The molecule has 42 heavy (non-hydrogen) atoms. The standard InChI is InChI=1S/C26H27N5O11/c1-39-22-21(42-19(37)10-8-17(34)35)15(11-40-18(36)9-7-16(32)33)41-26(22)31-13-29-20-23(27-12-28-24(20)31)30-25(38)14-5-3-2-4-6-14/h2-6,12-13,15,21-22,26H,7-11H2,1H3,(H,32,33)(H,34,35)(H,27,28,30,38)/t15-,21-,22-,26-/m1/s1. The van der Waals surface area contributed by atoms with E-state index in [1.165, 1.54) is 24.3 Å². The molecule has 0 unspecified atom stereocenters. The first-order chi connectivity index (χ1) is 20.2. The van der Waals surface area contributed by atoms with Crippen molar-refractivity contribution in [2.75, 3.05) is 19.0 Å². The number of hydrogen-bond donors (Lipinski definition) is 3. The van der Waals surface area contributed by atoms with Crippen molar-refractivity contribution < 1.29 is 53.1 Å². The van der Waals surface area contributed by atoms with Crippen molar-refractivity contribution in [1.82, 2.24) is 19.5 Å². The van der Waals surface area contributed by atoms with E-state index in [1.807, 2.05) is 0 Å². The summed E-state index contributed by atoms with van der Waals surface area (Å²) in [6.07, 6.45) is -3.43. The Morgan fingerprint density at radius 1 is 0.929 bits per heavy atom. The predicted molar refractivity (Wildman–Crippen MR) is 139 cm³/mol. The van der Waals surface area contributed by atoms with Crippen LogP contribution >= 0.6 is 0 Å². The van der Waals surface area contributed by atoms with Crippen LogP contribution in [0.5, 0.6) is 0 Å². The number of carboxylic acids is 2. The van der Waals surface area contributed by atoms with E-state index in [1.54, 1.807) is 30.3 Å². The fourth-order valence-corrected chi connectivity index (χ4v) is 4.23. The van der Waals surface area contributed by atoms with Gasteiger partial charge in [0.1, 0.15) is 25.1 Å². The predicted octanol–water partition coefficient (Wildman–Crippen LogP) is 1.18. The van der Waals surface area contributed by atoms with Crippen LogP contribution in [-0.2, 0) is 38.1 Å². The van der Waals surface area contributed by atoms with E-state index >= 15 is 0 Å². The molecule has 3 aromatic rings. The smallest absolute Gasteiger partial charge is 0.306 e. The molecule has 3 N–H and O–H groups in total. The van der Waals surface area contributed by atoms with Gasteiger partial charge in [-0.25, -0.2) is 15.0 Å². The zero-order valence-electron chi connectivity index (χ0n) is 22.2. The second-order valence-corrected chi connectivity index (χ2v) is 9.06. The maximum absolute atomic E-state index is 12.7. The highest BCUT2D eigenvalue weighted by atomic mass is 16.6. The molecular formula is C26H27N5O11. The first kappa shape index (κ1) is 30.0. The molecule has 4 rings (SSSR count). The Bertz CT molecular complexity index is 1460. The van der Waals surface area contributed by atoms with Gasteiger partial charge in [-0.15, -0.1) is 0 Å². The molecule has 0 spiro atoms. The molecular weight excluding hydrogens is 558 g/mol. The molecule has 4 atom stereocenters. The van der Waals surface area contributed by atoms with Gasteiger partial charge in [0.2, 0.25) is 0 Å². The van der Waals surface area contributed by atoms with Crippen LogP contribution in [0.4, 0.5) is 5.82 Å². The van der Waals surface area contributed by atoms with Gasteiger partial charge in [-0.05, 0) is 12.1 Å². The lowest BCUT2D eigenvalue weighted by Crippen LogP contribution is -2.39. The number of ether oxygens (including phenoxy) is 4. The topological polar surface area (TPSA) is 218 Å². The first-order valence-electron chi connectivity index (χ1n) is 12.7. The van der Waals surface area contributed by atoms with E-state index < -0.39 is 80.2 Å². The Morgan fingerprint density at radius 3 is 2.29 bits per heavy atom. The summed E-state index contributed by atoms with van der Waals surface area (Å²) >= 11 is 0. The SMILES string of the molecule is CO[C@@H]1[C@H](OC(=O)CCC(=O)O)[C@@H](COC(=O)CCC(=O)O)O[C@H]1n1cnc2c(NC(=O)c3ccccc3)ncnc21. The van der Waals surface area contributed by atoms with Crippen LogP contribution in [0.2, 0.25) is 0 Å². The summed E-state index contributed by atoms with van der Waals surface area (Å²) in [5.41, 5.74) is 0.852. The van der Waals surface area contributed by atoms with Crippen molar-refractivity contribution in [3.8, 4) is 0 Å². The lowest BCUT2D eigenvalue weighted by atomic mass is 10.1. The molecule has 0 saturated carbocycles. The van der Waals surface area contributed by atoms with Crippen LogP contribution in [0.15, 0.2) is 43.0 Å². The molecule has 1 aromatic carbocycles. The fraction of sp³-hybridized carbons (Fsp3) is 0.385. The number of benzene rings is 1. The molecule has 222 valence electrons. The van der Waals surface area contributed by atoms with Crippen molar-refractivity contribution in [2.45, 2.75) is 50.2 Å². The average Bonchev–Trinajstić information content (AvgIpc) is 3.55. The molecule has 0 bridgehead atoms. The van der Waals surface area contributed by atoms with Crippen LogP contribution in [0.3, 0.4) is 0 Å². The normalized spacial score (nSPS) is 19.7. The van der Waals surface area contributed by atoms with E-state index in [4.69, 9.17) is 29.2 Å². The lowest BCUT2D eigenvalue weighted by molar-refractivity contribution is -0.162. The number of carboxylic acid groups (broad SMARTS) is 2. The minimum absolute atomic E-state index is 0.125. The van der Waals surface area contributed by atoms with Gasteiger partial charge in [0, 0.05) is 12.7 Å². The van der Waals surface area contributed by atoms with Crippen molar-refractivity contribution >= 4 is 46.8 Å². The number of hydrogen-bond acceptors (Lipinski definition) is 12. The number of rotatable bonds is 13. The summed E-state index contributed by atoms with van der Waals surface area (Å²) in [6, 6.07) is 8.47. The number of aromatic nitrogens is 4. The van der Waals surface area contributed by atoms with E-state index in [2.05, 4.69) is 20.3 Å².